The lowest BCUT2D eigenvalue weighted by Crippen LogP contribution is -2.61. The Hall–Kier alpha value is -12.8. The SMILES string of the molecule is [2H]c1c([2H])c([2H])c2c(c1[2H])c1c([2H])c([2H])c([2H])c([2H])c1n2-c1ccc2c(c1)N(c1c(-c3ccccc3)ccc3oc4ccccc4c13)c1cc(-c3cc(C(C)(C)C)cc(C(C)(C)C)c3)cc3c1B2c1ccc(-n2c4ccc(C(C)(C)C)cc4c4cc(C(C)(C)C)ccc42)cc1N3c1cc(-c2ccccc2)cc2c1c1ccccc1n2-c1ccccc1. The van der Waals surface area contributed by atoms with Crippen molar-refractivity contribution in [2.75, 3.05) is 9.80 Å². The van der Waals surface area contributed by atoms with Crippen LogP contribution < -0.4 is 26.2 Å². The summed E-state index contributed by atoms with van der Waals surface area (Å²) < 4.78 is 90.2. The zero-order valence-corrected chi connectivity index (χ0v) is 65.6. The number of aromatic nitrogens is 3. The van der Waals surface area contributed by atoms with Crippen molar-refractivity contribution in [1.29, 1.82) is 0 Å². The molecule has 0 saturated carbocycles. The molecule has 113 heavy (non-hydrogen) atoms. The van der Waals surface area contributed by atoms with Crippen LogP contribution in [0.3, 0.4) is 0 Å². The van der Waals surface area contributed by atoms with Crippen molar-refractivity contribution < 1.29 is 15.4 Å². The lowest BCUT2D eigenvalue weighted by molar-refractivity contribution is 0.569. The van der Waals surface area contributed by atoms with E-state index in [4.69, 9.17) is 4.42 Å². The van der Waals surface area contributed by atoms with Crippen LogP contribution in [0.15, 0.2) is 320 Å². The minimum Gasteiger partial charge on any atom is -0.456 e. The van der Waals surface area contributed by atoms with Crippen LogP contribution in [-0.2, 0) is 21.7 Å². The summed E-state index contributed by atoms with van der Waals surface area (Å²) in [6.45, 7) is 26.9. The van der Waals surface area contributed by atoms with E-state index >= 15 is 0 Å². The van der Waals surface area contributed by atoms with Gasteiger partial charge in [0, 0.05) is 83.1 Å². The molecule has 0 atom stereocenters. The fourth-order valence-corrected chi connectivity index (χ4v) is 18.3. The molecule has 0 bridgehead atoms. The molecule has 0 amide bonds. The largest absolute Gasteiger partial charge is 0.456 e. The van der Waals surface area contributed by atoms with Gasteiger partial charge in [-0.2, -0.15) is 0 Å². The summed E-state index contributed by atoms with van der Waals surface area (Å²) in [5.74, 6) is 0. The Labute approximate surface area is 672 Å². The van der Waals surface area contributed by atoms with E-state index in [1.54, 1.807) is 4.57 Å². The summed E-state index contributed by atoms with van der Waals surface area (Å²) >= 11 is 0. The lowest BCUT2D eigenvalue weighted by Gasteiger charge is -2.45. The third kappa shape index (κ3) is 10.7. The van der Waals surface area contributed by atoms with Gasteiger partial charge in [-0.15, -0.1) is 0 Å². The second kappa shape index (κ2) is 24.8. The van der Waals surface area contributed by atoms with Crippen LogP contribution in [0.25, 0.3) is 138 Å². The van der Waals surface area contributed by atoms with Crippen molar-refractivity contribution in [3.05, 3.63) is 338 Å². The fourth-order valence-electron chi connectivity index (χ4n) is 18.3. The summed E-state index contributed by atoms with van der Waals surface area (Å²) in [4.78, 5) is 5.05. The van der Waals surface area contributed by atoms with Crippen LogP contribution in [0, 0.1) is 0 Å². The fraction of sp³-hybridized carbons (Fsp3) is 0.151. The Bertz CT molecular complexity index is 7500. The number of fused-ring (bicyclic) bond motifs is 16. The number of hydrogen-bond donors (Lipinski definition) is 0. The van der Waals surface area contributed by atoms with Crippen LogP contribution in [0.4, 0.5) is 34.1 Å². The molecule has 0 radical (unpaired) electrons. The third-order valence-electron chi connectivity index (χ3n) is 24.0. The van der Waals surface area contributed by atoms with E-state index in [9.17, 15) is 11.0 Å². The van der Waals surface area contributed by atoms with Crippen LogP contribution in [0.1, 0.15) is 116 Å². The van der Waals surface area contributed by atoms with Gasteiger partial charge in [-0.3, -0.25) is 0 Å². The topological polar surface area (TPSA) is 34.4 Å². The van der Waals surface area contributed by atoms with Crippen molar-refractivity contribution >= 4 is 145 Å². The zero-order chi connectivity index (χ0) is 83.8. The predicted octanol–water partition coefficient (Wildman–Crippen LogP) is 27.2. The molecule has 0 spiro atoms. The molecule has 21 rings (SSSR count). The van der Waals surface area contributed by atoms with E-state index in [0.29, 0.717) is 16.9 Å². The van der Waals surface area contributed by atoms with Crippen molar-refractivity contribution in [2.45, 2.75) is 105 Å². The number of anilines is 6. The van der Waals surface area contributed by atoms with Crippen LogP contribution >= 0.6 is 0 Å². The van der Waals surface area contributed by atoms with Crippen molar-refractivity contribution in [2.24, 2.45) is 0 Å². The van der Waals surface area contributed by atoms with Crippen molar-refractivity contribution in [3.8, 4) is 50.4 Å². The number of para-hydroxylation sites is 5. The molecule has 6 heterocycles. The maximum absolute atomic E-state index is 9.98. The van der Waals surface area contributed by atoms with Gasteiger partial charge in [0.25, 0.3) is 6.71 Å². The standard InChI is InChI=1S/C106H88BN5O/c1-103(2,3)70-44-51-89-82(61-70)83-62-71(104(4,5)6)45-52-90(83)110(89)75-46-49-84-91(63-75)111(94-57-68(65-30-16-13-17-31-65)56-93-99(94)80-38-24-28-42-88(80)108(93)74-34-20-15-21-35-74)95-58-69(67-54-72(105(7,8)9)60-73(55-67)106(10,11)12)59-96-101(95)107(84)85-50-47-76(109-86-40-26-22-36-78(86)79-37-23-27-41-87(79)109)64-92(85)112(96)102-77(66-32-18-14-19-33-66)48-53-98-100(102)81-39-25-29-43-97(81)113-98/h13-64H,1-12H3/i22D,23D,26D,27D,36D,37D,40D,41D. The molecule has 0 aliphatic carbocycles. The molecule has 0 N–H and O–H groups in total. The molecule has 19 aromatic rings. The van der Waals surface area contributed by atoms with Gasteiger partial charge in [-0.05, 0) is 209 Å². The average Bonchev–Trinajstić information content (AvgIpc) is 1.64. The molecule has 4 aromatic heterocycles. The van der Waals surface area contributed by atoms with Gasteiger partial charge in [-0.25, -0.2) is 0 Å². The monoisotopic (exact) mass is 1470 g/mol. The Morgan fingerprint density at radius 1 is 0.283 bits per heavy atom. The van der Waals surface area contributed by atoms with Gasteiger partial charge in [0.15, 0.2) is 0 Å². The molecule has 2 aliphatic rings. The minimum atomic E-state index is -0.570. The Kier molecular flexibility index (Phi) is 13.2. The maximum Gasteiger partial charge on any atom is 0.252 e. The number of hydrogen-bond acceptors (Lipinski definition) is 3. The molecular weight excluding hydrogens is 1370 g/mol. The van der Waals surface area contributed by atoms with Crippen molar-refractivity contribution in [3.63, 3.8) is 0 Å². The summed E-state index contributed by atoms with van der Waals surface area (Å²) in [6, 6.07) is 94.1. The number of benzene rings is 15. The first-order valence-corrected chi connectivity index (χ1v) is 39.4. The zero-order valence-electron chi connectivity index (χ0n) is 73.6. The molecule has 0 fully saturated rings. The van der Waals surface area contributed by atoms with Gasteiger partial charge >= 0.3 is 0 Å². The quantitative estimate of drug-likeness (QED) is 0.142. The molecule has 0 unspecified atom stereocenters. The number of furan rings is 1. The van der Waals surface area contributed by atoms with Gasteiger partial charge in [0.05, 0.1) is 60.8 Å². The second-order valence-electron chi connectivity index (χ2n) is 35.1. The highest BCUT2D eigenvalue weighted by atomic mass is 16.3. The third-order valence-corrected chi connectivity index (χ3v) is 24.0. The number of nitrogens with zero attached hydrogens (tertiary/aromatic N) is 5. The molecule has 0 saturated heterocycles. The highest BCUT2D eigenvalue weighted by Crippen LogP contribution is 2.55. The van der Waals surface area contributed by atoms with E-state index in [0.717, 1.165) is 139 Å². The molecule has 15 aromatic carbocycles. The summed E-state index contributed by atoms with van der Waals surface area (Å²) in [5, 5.41) is 6.21. The number of rotatable bonds is 8. The van der Waals surface area contributed by atoms with Gasteiger partial charge in [0.1, 0.15) is 11.2 Å². The first kappa shape index (κ1) is 60.0. The van der Waals surface area contributed by atoms with Gasteiger partial charge in [-0.1, -0.05) is 277 Å². The Morgan fingerprint density at radius 3 is 1.35 bits per heavy atom. The van der Waals surface area contributed by atoms with Gasteiger partial charge < -0.3 is 27.9 Å². The first-order valence-electron chi connectivity index (χ1n) is 43.4. The second-order valence-corrected chi connectivity index (χ2v) is 35.1. The van der Waals surface area contributed by atoms with E-state index in [1.165, 1.54) is 33.0 Å². The maximum atomic E-state index is 9.98. The molecule has 6 nitrogen and oxygen atoms in total. The van der Waals surface area contributed by atoms with E-state index in [2.05, 4.69) is 345 Å². The highest BCUT2D eigenvalue weighted by Gasteiger charge is 2.46. The normalized spacial score (nSPS) is 14.2. The smallest absolute Gasteiger partial charge is 0.252 e. The first-order chi connectivity index (χ1) is 57.9. The minimum absolute atomic E-state index is 0.00251. The molecule has 7 heteroatoms. The Morgan fingerprint density at radius 2 is 0.752 bits per heavy atom. The molecule has 2 aliphatic heterocycles. The summed E-state index contributed by atoms with van der Waals surface area (Å²) in [5.41, 5.74) is 26.1. The highest BCUT2D eigenvalue weighted by molar-refractivity contribution is 7.00. The molecular formula is C106H88BN5O. The van der Waals surface area contributed by atoms with E-state index in [1.807, 2.05) is 24.3 Å². The average molecular weight is 1470 g/mol. The molecule has 546 valence electrons. The van der Waals surface area contributed by atoms with Crippen LogP contribution in [0.2, 0.25) is 0 Å². The summed E-state index contributed by atoms with van der Waals surface area (Å²) in [6.07, 6.45) is 0. The van der Waals surface area contributed by atoms with Crippen molar-refractivity contribution in [1.82, 2.24) is 13.7 Å². The van der Waals surface area contributed by atoms with E-state index in [-0.39, 0.29) is 55.6 Å². The van der Waals surface area contributed by atoms with Gasteiger partial charge in [0.2, 0.25) is 0 Å². The summed E-state index contributed by atoms with van der Waals surface area (Å²) in [7, 11) is 0. The Balaban J connectivity index is 0.985. The van der Waals surface area contributed by atoms with Crippen LogP contribution in [-0.4, -0.2) is 20.4 Å². The lowest BCUT2D eigenvalue weighted by atomic mass is 9.33. The van der Waals surface area contributed by atoms with Crippen LogP contribution in [0.5, 0.6) is 0 Å². The van der Waals surface area contributed by atoms with E-state index < -0.39 is 43.0 Å². The predicted molar refractivity (Wildman–Crippen MR) is 482 cm³/mol.